The minimum absolute atomic E-state index is 0.0628. The molecule has 0 aliphatic carbocycles. The second kappa shape index (κ2) is 5.45. The third-order valence-electron chi connectivity index (χ3n) is 3.08. The molecule has 1 aliphatic rings. The van der Waals surface area contributed by atoms with E-state index in [0.29, 0.717) is 6.42 Å². The largest absolute Gasteiger partial charge is 0.314 e. The number of hydrogen-bond acceptors (Lipinski definition) is 3. The average molecular weight is 251 g/mol. The van der Waals surface area contributed by atoms with Crippen molar-refractivity contribution in [1.29, 1.82) is 0 Å². The molecule has 2 unspecified atom stereocenters. The average Bonchev–Trinajstić information content (AvgIpc) is 2.15. The van der Waals surface area contributed by atoms with Crippen molar-refractivity contribution in [2.75, 3.05) is 18.6 Å². The first kappa shape index (κ1) is 13.9. The highest BCUT2D eigenvalue weighted by atomic mass is 32.2. The third-order valence-corrected chi connectivity index (χ3v) is 4.02. The Morgan fingerprint density at radius 1 is 1.44 bits per heavy atom. The Morgan fingerprint density at radius 3 is 2.62 bits per heavy atom. The number of alkyl halides is 1. The van der Waals surface area contributed by atoms with Crippen LogP contribution in [0.1, 0.15) is 39.0 Å². The van der Waals surface area contributed by atoms with Crippen LogP contribution in [0.25, 0.3) is 0 Å². The smallest absolute Gasteiger partial charge is 0.147 e. The molecule has 0 bridgehead atoms. The van der Waals surface area contributed by atoms with Crippen molar-refractivity contribution in [2.24, 2.45) is 0 Å². The van der Waals surface area contributed by atoms with Crippen LogP contribution >= 0.6 is 0 Å². The van der Waals surface area contributed by atoms with Crippen molar-refractivity contribution in [3.63, 3.8) is 0 Å². The summed E-state index contributed by atoms with van der Waals surface area (Å²) in [5.74, 6) is -0.0628. The van der Waals surface area contributed by atoms with Gasteiger partial charge in [0.15, 0.2) is 0 Å². The second-order valence-electron chi connectivity index (χ2n) is 5.14. The molecule has 0 aromatic rings. The Bertz CT molecular complexity index is 308. The van der Waals surface area contributed by atoms with Crippen LogP contribution in [0.3, 0.4) is 0 Å². The van der Waals surface area contributed by atoms with Gasteiger partial charge in [-0.25, -0.2) is 12.8 Å². The van der Waals surface area contributed by atoms with Crippen molar-refractivity contribution >= 4 is 9.84 Å². The molecular formula is C11H22FNO2S. The summed E-state index contributed by atoms with van der Waals surface area (Å²) in [5, 5.41) is 3.28. The fraction of sp³-hybridized carbons (Fsp3) is 1.00. The zero-order valence-corrected chi connectivity index (χ0v) is 10.9. The number of rotatable bonds is 5. The summed E-state index contributed by atoms with van der Waals surface area (Å²) in [4.78, 5) is 0. The van der Waals surface area contributed by atoms with Crippen LogP contribution in [-0.2, 0) is 9.84 Å². The van der Waals surface area contributed by atoms with Crippen LogP contribution in [0.2, 0.25) is 0 Å². The summed E-state index contributed by atoms with van der Waals surface area (Å²) in [5.41, 5.74) is -1.38. The Balaban J connectivity index is 2.37. The molecule has 96 valence electrons. The Kier molecular flexibility index (Phi) is 4.73. The van der Waals surface area contributed by atoms with E-state index in [1.807, 2.05) is 0 Å². The lowest BCUT2D eigenvalue weighted by Crippen LogP contribution is -2.39. The van der Waals surface area contributed by atoms with E-state index in [1.165, 1.54) is 6.92 Å². The van der Waals surface area contributed by atoms with Gasteiger partial charge in [-0.1, -0.05) is 6.42 Å². The van der Waals surface area contributed by atoms with Gasteiger partial charge >= 0.3 is 0 Å². The molecule has 16 heavy (non-hydrogen) atoms. The summed E-state index contributed by atoms with van der Waals surface area (Å²) in [6.45, 7) is 2.46. The first-order chi connectivity index (χ1) is 7.29. The van der Waals surface area contributed by atoms with Crippen LogP contribution < -0.4 is 5.32 Å². The maximum absolute atomic E-state index is 14.1. The topological polar surface area (TPSA) is 46.2 Å². The van der Waals surface area contributed by atoms with Gasteiger partial charge in [0, 0.05) is 12.3 Å². The molecule has 5 heteroatoms. The summed E-state index contributed by atoms with van der Waals surface area (Å²) in [6, 6.07) is 0.211. The highest BCUT2D eigenvalue weighted by Gasteiger charge is 2.29. The van der Waals surface area contributed by atoms with Gasteiger partial charge in [0.2, 0.25) is 0 Å². The van der Waals surface area contributed by atoms with Gasteiger partial charge in [-0.05, 0) is 39.2 Å². The van der Waals surface area contributed by atoms with Crippen molar-refractivity contribution in [1.82, 2.24) is 5.32 Å². The Hall–Kier alpha value is -0.160. The molecule has 1 aliphatic heterocycles. The lowest BCUT2D eigenvalue weighted by Gasteiger charge is -2.29. The van der Waals surface area contributed by atoms with E-state index < -0.39 is 15.5 Å². The molecule has 0 saturated carbocycles. The Labute approximate surface area is 97.7 Å². The zero-order chi connectivity index (χ0) is 12.2. The number of nitrogens with one attached hydrogen (secondary N) is 1. The van der Waals surface area contributed by atoms with E-state index in [2.05, 4.69) is 5.32 Å². The molecular weight excluding hydrogens is 229 g/mol. The van der Waals surface area contributed by atoms with Crippen LogP contribution in [0.5, 0.6) is 0 Å². The zero-order valence-electron chi connectivity index (χ0n) is 10.1. The van der Waals surface area contributed by atoms with E-state index in [-0.39, 0.29) is 18.2 Å². The number of sulfone groups is 1. The van der Waals surface area contributed by atoms with Gasteiger partial charge in [-0.2, -0.15) is 0 Å². The molecule has 0 aromatic heterocycles. The van der Waals surface area contributed by atoms with Crippen molar-refractivity contribution in [2.45, 2.75) is 50.7 Å². The van der Waals surface area contributed by atoms with Crippen LogP contribution in [0, 0.1) is 0 Å². The standard InChI is InChI=1S/C11H22FNO2S/c1-11(12,6-8-16(2,14)15)9-10-5-3-4-7-13-10/h10,13H,3-9H2,1-2H3. The first-order valence-electron chi connectivity index (χ1n) is 5.89. The van der Waals surface area contributed by atoms with E-state index in [0.717, 1.165) is 32.1 Å². The van der Waals surface area contributed by atoms with Gasteiger partial charge < -0.3 is 5.32 Å². The fourth-order valence-corrected chi connectivity index (χ4v) is 2.91. The SMILES string of the molecule is CC(F)(CCS(C)(=O)=O)CC1CCCCN1. The minimum atomic E-state index is -3.06. The fourth-order valence-electron chi connectivity index (χ4n) is 2.11. The number of piperidine rings is 1. The highest BCUT2D eigenvalue weighted by Crippen LogP contribution is 2.25. The van der Waals surface area contributed by atoms with Crippen molar-refractivity contribution < 1.29 is 12.8 Å². The molecule has 0 spiro atoms. The van der Waals surface area contributed by atoms with Gasteiger partial charge in [-0.15, -0.1) is 0 Å². The van der Waals surface area contributed by atoms with Gasteiger partial charge in [-0.3, -0.25) is 0 Å². The predicted octanol–water partition coefficient (Wildman–Crippen LogP) is 1.68. The van der Waals surface area contributed by atoms with E-state index in [4.69, 9.17) is 0 Å². The van der Waals surface area contributed by atoms with Crippen molar-refractivity contribution in [3.05, 3.63) is 0 Å². The molecule has 1 heterocycles. The van der Waals surface area contributed by atoms with E-state index >= 15 is 0 Å². The van der Waals surface area contributed by atoms with E-state index in [1.54, 1.807) is 0 Å². The quantitative estimate of drug-likeness (QED) is 0.808. The predicted molar refractivity (Wildman–Crippen MR) is 64.1 cm³/mol. The maximum atomic E-state index is 14.1. The van der Waals surface area contributed by atoms with Gasteiger partial charge in [0.05, 0.1) is 5.75 Å². The van der Waals surface area contributed by atoms with E-state index in [9.17, 15) is 12.8 Å². The molecule has 3 nitrogen and oxygen atoms in total. The normalized spacial score (nSPS) is 26.3. The molecule has 0 aromatic carbocycles. The Morgan fingerprint density at radius 2 is 2.12 bits per heavy atom. The molecule has 2 atom stereocenters. The lowest BCUT2D eigenvalue weighted by atomic mass is 9.91. The molecule has 1 rings (SSSR count). The van der Waals surface area contributed by atoms with Crippen LogP contribution in [0.15, 0.2) is 0 Å². The van der Waals surface area contributed by atoms with Gasteiger partial charge in [0.1, 0.15) is 15.5 Å². The first-order valence-corrected chi connectivity index (χ1v) is 7.95. The summed E-state index contributed by atoms with van der Waals surface area (Å²) < 4.78 is 36.1. The lowest BCUT2D eigenvalue weighted by molar-refractivity contribution is 0.141. The van der Waals surface area contributed by atoms with Crippen molar-refractivity contribution in [3.8, 4) is 0 Å². The monoisotopic (exact) mass is 251 g/mol. The molecule has 1 saturated heterocycles. The number of hydrogen-bond donors (Lipinski definition) is 1. The third kappa shape index (κ3) is 5.80. The minimum Gasteiger partial charge on any atom is -0.314 e. The summed E-state index contributed by atoms with van der Waals surface area (Å²) in [7, 11) is -3.06. The summed E-state index contributed by atoms with van der Waals surface area (Å²) in [6.07, 6.45) is 4.97. The second-order valence-corrected chi connectivity index (χ2v) is 7.40. The highest BCUT2D eigenvalue weighted by molar-refractivity contribution is 7.90. The van der Waals surface area contributed by atoms with Gasteiger partial charge in [0.25, 0.3) is 0 Å². The molecule has 1 fully saturated rings. The summed E-state index contributed by atoms with van der Waals surface area (Å²) >= 11 is 0. The number of halogens is 1. The van der Waals surface area contributed by atoms with Crippen LogP contribution in [-0.4, -0.2) is 38.7 Å². The molecule has 1 N–H and O–H groups in total. The van der Waals surface area contributed by atoms with Crippen LogP contribution in [0.4, 0.5) is 4.39 Å². The molecule has 0 amide bonds. The maximum Gasteiger partial charge on any atom is 0.147 e. The molecule has 0 radical (unpaired) electrons.